The Labute approximate surface area is 102 Å². The van der Waals surface area contributed by atoms with E-state index in [-0.39, 0.29) is 12.9 Å². The van der Waals surface area contributed by atoms with Crippen LogP contribution in [0.25, 0.3) is 0 Å². The third-order valence-corrected chi connectivity index (χ3v) is 2.20. The van der Waals surface area contributed by atoms with E-state index in [1.165, 1.54) is 0 Å². The second kappa shape index (κ2) is 8.51. The monoisotopic (exact) mass is 232 g/mol. The van der Waals surface area contributed by atoms with Gasteiger partial charge in [0.25, 0.3) is 0 Å². The molecule has 1 aromatic rings. The lowest BCUT2D eigenvalue weighted by atomic mass is 10.2. The van der Waals surface area contributed by atoms with E-state index < -0.39 is 0 Å². The van der Waals surface area contributed by atoms with E-state index in [0.717, 1.165) is 11.8 Å². The standard InChI is InChI=1S/C14H16O3/c1-2-6-14(9-10-15)17-12-16-11-13-7-4-3-5-8-13/h1,3-5,7-8,10,14H,6,9,11-12H2/t14-/m1/s1. The molecule has 0 saturated heterocycles. The molecule has 90 valence electrons. The highest BCUT2D eigenvalue weighted by molar-refractivity contribution is 5.50. The van der Waals surface area contributed by atoms with Gasteiger partial charge in [-0.25, -0.2) is 0 Å². The van der Waals surface area contributed by atoms with Gasteiger partial charge in [0.05, 0.1) is 12.7 Å². The normalized spacial score (nSPS) is 11.7. The van der Waals surface area contributed by atoms with Crippen LogP contribution >= 0.6 is 0 Å². The number of carbonyl (C=O) groups is 1. The minimum absolute atomic E-state index is 0.148. The first-order chi connectivity index (χ1) is 8.36. The SMILES string of the molecule is C#CC[C@H](CC=O)OCOCc1ccccc1. The molecule has 0 spiro atoms. The Balaban J connectivity index is 2.18. The maximum absolute atomic E-state index is 10.4. The molecular weight excluding hydrogens is 216 g/mol. The largest absolute Gasteiger partial charge is 0.351 e. The van der Waals surface area contributed by atoms with Crippen LogP contribution in [0.3, 0.4) is 0 Å². The average Bonchev–Trinajstić information content (AvgIpc) is 2.36. The molecule has 1 atom stereocenters. The fourth-order valence-electron chi connectivity index (χ4n) is 1.33. The fraction of sp³-hybridized carbons (Fsp3) is 0.357. The average molecular weight is 232 g/mol. The summed E-state index contributed by atoms with van der Waals surface area (Å²) in [5.74, 6) is 2.47. The molecule has 0 amide bonds. The van der Waals surface area contributed by atoms with Crippen molar-refractivity contribution in [3.8, 4) is 12.3 Å². The number of rotatable bonds is 8. The molecule has 3 nitrogen and oxygen atoms in total. The van der Waals surface area contributed by atoms with Crippen LogP contribution in [0.1, 0.15) is 18.4 Å². The molecule has 17 heavy (non-hydrogen) atoms. The van der Waals surface area contributed by atoms with Gasteiger partial charge in [0.1, 0.15) is 13.1 Å². The molecule has 0 aliphatic rings. The van der Waals surface area contributed by atoms with E-state index in [2.05, 4.69) is 5.92 Å². The molecule has 0 aromatic heterocycles. The molecular formula is C14H16O3. The van der Waals surface area contributed by atoms with Gasteiger partial charge in [-0.15, -0.1) is 12.3 Å². The summed E-state index contributed by atoms with van der Waals surface area (Å²) < 4.78 is 10.7. The van der Waals surface area contributed by atoms with E-state index in [4.69, 9.17) is 15.9 Å². The Morgan fingerprint density at radius 2 is 2.12 bits per heavy atom. The zero-order valence-corrected chi connectivity index (χ0v) is 9.67. The minimum atomic E-state index is -0.242. The molecule has 0 unspecified atom stereocenters. The van der Waals surface area contributed by atoms with Crippen molar-refractivity contribution in [2.75, 3.05) is 6.79 Å². The van der Waals surface area contributed by atoms with Crippen LogP contribution in [0, 0.1) is 12.3 Å². The predicted molar refractivity (Wildman–Crippen MR) is 65.1 cm³/mol. The highest BCUT2D eigenvalue weighted by Crippen LogP contribution is 2.04. The minimum Gasteiger partial charge on any atom is -0.351 e. The Morgan fingerprint density at radius 1 is 1.35 bits per heavy atom. The second-order valence-electron chi connectivity index (χ2n) is 3.55. The van der Waals surface area contributed by atoms with E-state index in [9.17, 15) is 4.79 Å². The van der Waals surface area contributed by atoms with E-state index in [1.807, 2.05) is 30.3 Å². The van der Waals surface area contributed by atoms with Gasteiger partial charge in [-0.3, -0.25) is 0 Å². The Bertz CT molecular complexity index is 353. The lowest BCUT2D eigenvalue weighted by molar-refractivity contribution is -0.118. The highest BCUT2D eigenvalue weighted by Gasteiger charge is 2.06. The molecule has 0 heterocycles. The summed E-state index contributed by atoms with van der Waals surface area (Å²) in [6.07, 6.45) is 6.46. The molecule has 0 radical (unpaired) electrons. The zero-order valence-electron chi connectivity index (χ0n) is 9.67. The number of terminal acetylenes is 1. The number of benzene rings is 1. The van der Waals surface area contributed by atoms with Gasteiger partial charge in [-0.1, -0.05) is 30.3 Å². The molecule has 1 aromatic carbocycles. The molecule has 0 bridgehead atoms. The highest BCUT2D eigenvalue weighted by atomic mass is 16.7. The third kappa shape index (κ3) is 5.86. The molecule has 1 rings (SSSR count). The van der Waals surface area contributed by atoms with Gasteiger partial charge < -0.3 is 14.3 Å². The number of hydrogen-bond donors (Lipinski definition) is 0. The third-order valence-electron chi connectivity index (χ3n) is 2.20. The number of carbonyl (C=O) groups excluding carboxylic acids is 1. The molecule has 0 aliphatic heterocycles. The van der Waals surface area contributed by atoms with E-state index >= 15 is 0 Å². The summed E-state index contributed by atoms with van der Waals surface area (Å²) in [6, 6.07) is 9.81. The van der Waals surface area contributed by atoms with Crippen LogP contribution in [-0.2, 0) is 20.9 Å². The first-order valence-electron chi connectivity index (χ1n) is 5.47. The Kier molecular flexibility index (Phi) is 6.73. The van der Waals surface area contributed by atoms with Crippen LogP contribution in [0.4, 0.5) is 0 Å². The van der Waals surface area contributed by atoms with Gasteiger partial charge in [-0.05, 0) is 5.56 Å². The van der Waals surface area contributed by atoms with Gasteiger partial charge in [0.2, 0.25) is 0 Å². The molecule has 0 saturated carbocycles. The number of hydrogen-bond acceptors (Lipinski definition) is 3. The summed E-state index contributed by atoms with van der Waals surface area (Å²) in [7, 11) is 0. The van der Waals surface area contributed by atoms with E-state index in [0.29, 0.717) is 19.4 Å². The smallest absolute Gasteiger partial charge is 0.147 e. The molecule has 0 N–H and O–H groups in total. The summed E-state index contributed by atoms with van der Waals surface area (Å²) in [5, 5.41) is 0. The van der Waals surface area contributed by atoms with Crippen LogP contribution in [0.2, 0.25) is 0 Å². The van der Waals surface area contributed by atoms with Crippen molar-refractivity contribution in [1.82, 2.24) is 0 Å². The summed E-state index contributed by atoms with van der Waals surface area (Å²) in [5.41, 5.74) is 1.08. The molecule has 0 aliphatic carbocycles. The predicted octanol–water partition coefficient (Wildman–Crippen LogP) is 2.16. The zero-order chi connectivity index (χ0) is 12.3. The maximum Gasteiger partial charge on any atom is 0.147 e. The van der Waals surface area contributed by atoms with Gasteiger partial charge in [0, 0.05) is 12.8 Å². The Morgan fingerprint density at radius 3 is 2.76 bits per heavy atom. The second-order valence-corrected chi connectivity index (χ2v) is 3.55. The van der Waals surface area contributed by atoms with Crippen molar-refractivity contribution >= 4 is 6.29 Å². The van der Waals surface area contributed by atoms with Crippen molar-refractivity contribution in [3.63, 3.8) is 0 Å². The van der Waals surface area contributed by atoms with Crippen LogP contribution in [-0.4, -0.2) is 19.2 Å². The van der Waals surface area contributed by atoms with E-state index in [1.54, 1.807) is 0 Å². The van der Waals surface area contributed by atoms with Gasteiger partial charge >= 0.3 is 0 Å². The lowest BCUT2D eigenvalue weighted by Crippen LogP contribution is -2.15. The fourth-order valence-corrected chi connectivity index (χ4v) is 1.33. The van der Waals surface area contributed by atoms with Crippen molar-refractivity contribution in [2.24, 2.45) is 0 Å². The van der Waals surface area contributed by atoms with Crippen molar-refractivity contribution in [2.45, 2.75) is 25.6 Å². The maximum atomic E-state index is 10.4. The summed E-state index contributed by atoms with van der Waals surface area (Å²) >= 11 is 0. The number of ether oxygens (including phenoxy) is 2. The quantitative estimate of drug-likeness (QED) is 0.298. The van der Waals surface area contributed by atoms with Gasteiger partial charge in [0.15, 0.2) is 0 Å². The van der Waals surface area contributed by atoms with Crippen molar-refractivity contribution in [1.29, 1.82) is 0 Å². The van der Waals surface area contributed by atoms with Crippen molar-refractivity contribution < 1.29 is 14.3 Å². The van der Waals surface area contributed by atoms with Crippen molar-refractivity contribution in [3.05, 3.63) is 35.9 Å². The first-order valence-corrected chi connectivity index (χ1v) is 5.47. The number of aldehydes is 1. The van der Waals surface area contributed by atoms with Gasteiger partial charge in [-0.2, -0.15) is 0 Å². The Hall–Kier alpha value is -1.63. The first kappa shape index (κ1) is 13.4. The lowest BCUT2D eigenvalue weighted by Gasteiger charge is -2.12. The molecule has 0 fully saturated rings. The summed E-state index contributed by atoms with van der Waals surface area (Å²) in [4.78, 5) is 10.4. The van der Waals surface area contributed by atoms with Crippen LogP contribution in [0.5, 0.6) is 0 Å². The summed E-state index contributed by atoms with van der Waals surface area (Å²) in [6.45, 7) is 0.639. The van der Waals surface area contributed by atoms with Crippen LogP contribution in [0.15, 0.2) is 30.3 Å². The molecule has 3 heteroatoms. The topological polar surface area (TPSA) is 35.5 Å². The van der Waals surface area contributed by atoms with Crippen LogP contribution < -0.4 is 0 Å².